The van der Waals surface area contributed by atoms with Crippen LogP contribution in [0.15, 0.2) is 24.4 Å². The van der Waals surface area contributed by atoms with Crippen molar-refractivity contribution in [1.29, 1.82) is 0 Å². The number of carbonyl (C=O) groups is 1. The Bertz CT molecular complexity index is 912. The van der Waals surface area contributed by atoms with Crippen LogP contribution in [0.2, 0.25) is 0 Å². The van der Waals surface area contributed by atoms with Gasteiger partial charge in [0.05, 0.1) is 18.5 Å². The number of amides is 1. The highest BCUT2D eigenvalue weighted by molar-refractivity contribution is 5.93. The molecule has 0 fully saturated rings. The molecule has 0 saturated heterocycles. The molecule has 0 aliphatic carbocycles. The van der Waals surface area contributed by atoms with Crippen molar-refractivity contribution in [3.05, 3.63) is 47.0 Å². The van der Waals surface area contributed by atoms with Gasteiger partial charge in [-0.15, -0.1) is 0 Å². The molecule has 0 aromatic carbocycles. The number of carbonyl (C=O) groups excluding carboxylic acids is 1. The third kappa shape index (κ3) is 3.23. The smallest absolute Gasteiger partial charge is 0.269 e. The predicted octanol–water partition coefficient (Wildman–Crippen LogP) is 1.76. The summed E-state index contributed by atoms with van der Waals surface area (Å²) in [5.74, 6) is 0.249. The maximum absolute atomic E-state index is 12.4. The molecule has 0 aliphatic heterocycles. The molecule has 130 valence electrons. The number of H-pyrrole nitrogens is 1. The number of aromatic nitrogens is 5. The molecule has 3 rings (SSSR count). The van der Waals surface area contributed by atoms with Crippen LogP contribution in [0.3, 0.4) is 0 Å². The monoisotopic (exact) mass is 340 g/mol. The highest BCUT2D eigenvalue weighted by Crippen LogP contribution is 2.25. The lowest BCUT2D eigenvalue weighted by atomic mass is 10.1. The largest absolute Gasteiger partial charge is 0.481 e. The first kappa shape index (κ1) is 16.7. The Morgan fingerprint density at radius 2 is 2.20 bits per heavy atom. The molecule has 3 aromatic heterocycles. The van der Waals surface area contributed by atoms with Crippen LogP contribution in [0, 0.1) is 13.8 Å². The highest BCUT2D eigenvalue weighted by Gasteiger charge is 2.17. The highest BCUT2D eigenvalue weighted by atomic mass is 16.5. The molecule has 1 amide bonds. The number of aryl methyl sites for hydroxylation is 2. The molecule has 0 unspecified atom stereocenters. The van der Waals surface area contributed by atoms with Crippen LogP contribution < -0.4 is 10.1 Å². The topological polar surface area (TPSA) is 97.7 Å². The molecule has 25 heavy (non-hydrogen) atoms. The van der Waals surface area contributed by atoms with E-state index in [9.17, 15) is 4.79 Å². The Morgan fingerprint density at radius 3 is 2.88 bits per heavy atom. The van der Waals surface area contributed by atoms with Crippen molar-refractivity contribution in [2.75, 3.05) is 7.11 Å². The van der Waals surface area contributed by atoms with E-state index in [4.69, 9.17) is 4.74 Å². The Labute approximate surface area is 145 Å². The average Bonchev–Trinajstić information content (AvgIpc) is 3.18. The van der Waals surface area contributed by atoms with E-state index in [1.165, 1.54) is 0 Å². The van der Waals surface area contributed by atoms with E-state index in [0.717, 1.165) is 22.5 Å². The van der Waals surface area contributed by atoms with Crippen LogP contribution in [0.4, 0.5) is 0 Å². The minimum atomic E-state index is -0.246. The van der Waals surface area contributed by atoms with Crippen molar-refractivity contribution in [3.8, 4) is 17.1 Å². The van der Waals surface area contributed by atoms with Crippen LogP contribution in [0.1, 0.15) is 27.4 Å². The number of hydrogen-bond acceptors (Lipinski definition) is 5. The SMILES string of the molecule is COc1ncccc1CNC(=O)c1cc(-c2c(C)nn(C)c2C)n[nH]1. The number of nitrogens with zero attached hydrogens (tertiary/aromatic N) is 4. The van der Waals surface area contributed by atoms with Gasteiger partial charge in [-0.2, -0.15) is 10.2 Å². The van der Waals surface area contributed by atoms with Gasteiger partial charge in [0.1, 0.15) is 5.69 Å². The van der Waals surface area contributed by atoms with Gasteiger partial charge in [0.25, 0.3) is 5.91 Å². The molecule has 3 aromatic rings. The standard InChI is InChI=1S/C17H20N6O2/c1-10-15(11(2)23(3)22-10)13-8-14(21-20-13)16(24)19-9-12-6-5-7-18-17(12)25-4/h5-8H,9H2,1-4H3,(H,19,24)(H,20,21). The van der Waals surface area contributed by atoms with Crippen molar-refractivity contribution in [2.24, 2.45) is 7.05 Å². The Balaban J connectivity index is 1.75. The predicted molar refractivity (Wildman–Crippen MR) is 92.2 cm³/mol. The van der Waals surface area contributed by atoms with Gasteiger partial charge >= 0.3 is 0 Å². The van der Waals surface area contributed by atoms with Gasteiger partial charge in [0, 0.05) is 36.6 Å². The van der Waals surface area contributed by atoms with Crippen LogP contribution in [-0.2, 0) is 13.6 Å². The minimum absolute atomic E-state index is 0.246. The Morgan fingerprint density at radius 1 is 1.40 bits per heavy atom. The summed E-state index contributed by atoms with van der Waals surface area (Å²) in [6, 6.07) is 5.38. The molecule has 0 aliphatic rings. The summed E-state index contributed by atoms with van der Waals surface area (Å²) < 4.78 is 6.98. The molecule has 2 N–H and O–H groups in total. The number of hydrogen-bond donors (Lipinski definition) is 2. The normalized spacial score (nSPS) is 10.7. The Hall–Kier alpha value is -3.16. The van der Waals surface area contributed by atoms with Gasteiger partial charge in [-0.25, -0.2) is 4.98 Å². The van der Waals surface area contributed by atoms with Crippen LogP contribution in [0.5, 0.6) is 5.88 Å². The van der Waals surface area contributed by atoms with Crippen molar-refractivity contribution in [1.82, 2.24) is 30.3 Å². The summed E-state index contributed by atoms with van der Waals surface area (Å²) in [5.41, 5.74) is 4.70. The molecule has 3 heterocycles. The zero-order chi connectivity index (χ0) is 18.0. The van der Waals surface area contributed by atoms with Crippen molar-refractivity contribution in [2.45, 2.75) is 20.4 Å². The van der Waals surface area contributed by atoms with E-state index in [0.29, 0.717) is 23.8 Å². The van der Waals surface area contributed by atoms with Gasteiger partial charge in [-0.1, -0.05) is 6.07 Å². The lowest BCUT2D eigenvalue weighted by Crippen LogP contribution is -2.23. The average molecular weight is 340 g/mol. The summed E-state index contributed by atoms with van der Waals surface area (Å²) in [4.78, 5) is 16.5. The molecule has 0 spiro atoms. The summed E-state index contributed by atoms with van der Waals surface area (Å²) in [5, 5.41) is 14.3. The van der Waals surface area contributed by atoms with Crippen LogP contribution in [0.25, 0.3) is 11.3 Å². The van der Waals surface area contributed by atoms with Crippen molar-refractivity contribution >= 4 is 5.91 Å². The fourth-order valence-electron chi connectivity index (χ4n) is 2.72. The van der Waals surface area contributed by atoms with Crippen molar-refractivity contribution < 1.29 is 9.53 Å². The molecule has 0 saturated carbocycles. The zero-order valence-electron chi connectivity index (χ0n) is 14.6. The maximum Gasteiger partial charge on any atom is 0.269 e. The van der Waals surface area contributed by atoms with E-state index in [1.54, 1.807) is 30.1 Å². The number of pyridine rings is 1. The summed E-state index contributed by atoms with van der Waals surface area (Å²) >= 11 is 0. The van der Waals surface area contributed by atoms with E-state index in [1.807, 2.05) is 27.0 Å². The summed E-state index contributed by atoms with van der Waals surface area (Å²) in [6.07, 6.45) is 1.64. The van der Waals surface area contributed by atoms with E-state index in [-0.39, 0.29) is 5.91 Å². The maximum atomic E-state index is 12.4. The number of aromatic amines is 1. The zero-order valence-corrected chi connectivity index (χ0v) is 14.6. The summed E-state index contributed by atoms with van der Waals surface area (Å²) in [6.45, 7) is 4.21. The third-order valence-corrected chi connectivity index (χ3v) is 4.07. The van der Waals surface area contributed by atoms with Gasteiger partial charge in [-0.05, 0) is 26.0 Å². The van der Waals surface area contributed by atoms with Gasteiger partial charge in [0.15, 0.2) is 0 Å². The first-order chi connectivity index (χ1) is 12.0. The second kappa shape index (κ2) is 6.76. The number of rotatable bonds is 5. The van der Waals surface area contributed by atoms with E-state index < -0.39 is 0 Å². The lowest BCUT2D eigenvalue weighted by Gasteiger charge is -2.07. The molecular weight excluding hydrogens is 320 g/mol. The first-order valence-corrected chi connectivity index (χ1v) is 7.83. The molecular formula is C17H20N6O2. The van der Waals surface area contributed by atoms with Crippen LogP contribution in [-0.4, -0.2) is 38.0 Å². The van der Waals surface area contributed by atoms with Crippen LogP contribution >= 0.6 is 0 Å². The number of ether oxygens (including phenoxy) is 1. The fourth-order valence-corrected chi connectivity index (χ4v) is 2.72. The first-order valence-electron chi connectivity index (χ1n) is 7.83. The number of nitrogens with one attached hydrogen (secondary N) is 2. The summed E-state index contributed by atoms with van der Waals surface area (Å²) in [7, 11) is 3.43. The Kier molecular flexibility index (Phi) is 4.51. The molecule has 8 nitrogen and oxygen atoms in total. The molecule has 8 heteroatoms. The van der Waals surface area contributed by atoms with Gasteiger partial charge in [-0.3, -0.25) is 14.6 Å². The minimum Gasteiger partial charge on any atom is -0.481 e. The molecule has 0 radical (unpaired) electrons. The molecule has 0 bridgehead atoms. The van der Waals surface area contributed by atoms with E-state index >= 15 is 0 Å². The van der Waals surface area contributed by atoms with E-state index in [2.05, 4.69) is 25.6 Å². The quantitative estimate of drug-likeness (QED) is 0.737. The fraction of sp³-hybridized carbons (Fsp3) is 0.294. The van der Waals surface area contributed by atoms with Gasteiger partial charge in [0.2, 0.25) is 5.88 Å². The van der Waals surface area contributed by atoms with Crippen molar-refractivity contribution in [3.63, 3.8) is 0 Å². The number of methoxy groups -OCH3 is 1. The second-order valence-corrected chi connectivity index (χ2v) is 5.69. The second-order valence-electron chi connectivity index (χ2n) is 5.69. The molecule has 0 atom stereocenters. The van der Waals surface area contributed by atoms with Gasteiger partial charge < -0.3 is 10.1 Å². The third-order valence-electron chi connectivity index (χ3n) is 4.07. The lowest BCUT2D eigenvalue weighted by molar-refractivity contribution is 0.0945.